The highest BCUT2D eigenvalue weighted by Gasteiger charge is 2.27. The van der Waals surface area contributed by atoms with Crippen molar-refractivity contribution in [3.63, 3.8) is 0 Å². The Labute approximate surface area is 165 Å². The number of hydrogen-bond donors (Lipinski definition) is 0. The van der Waals surface area contributed by atoms with E-state index in [9.17, 15) is 9.59 Å². The predicted molar refractivity (Wildman–Crippen MR) is 108 cm³/mol. The lowest BCUT2D eigenvalue weighted by molar-refractivity contribution is 0.0703. The van der Waals surface area contributed by atoms with E-state index in [2.05, 4.69) is 11.8 Å². The Morgan fingerprint density at radius 1 is 1.11 bits per heavy atom. The zero-order valence-corrected chi connectivity index (χ0v) is 16.3. The maximum absolute atomic E-state index is 13.0. The first kappa shape index (κ1) is 18.7. The second kappa shape index (κ2) is 8.15. The number of carbonyl (C=O) groups is 2. The Balaban J connectivity index is 1.44. The van der Waals surface area contributed by atoms with Crippen LogP contribution in [0.2, 0.25) is 0 Å². The summed E-state index contributed by atoms with van der Waals surface area (Å²) >= 11 is 0. The van der Waals surface area contributed by atoms with Gasteiger partial charge in [-0.05, 0) is 62.6 Å². The molecule has 1 fully saturated rings. The molecule has 1 atom stereocenters. The van der Waals surface area contributed by atoms with E-state index in [0.717, 1.165) is 38.2 Å². The van der Waals surface area contributed by atoms with Crippen molar-refractivity contribution in [1.29, 1.82) is 0 Å². The van der Waals surface area contributed by atoms with Gasteiger partial charge in [-0.25, -0.2) is 4.79 Å². The zero-order chi connectivity index (χ0) is 19.5. The minimum absolute atomic E-state index is 0.0331. The molecule has 0 aliphatic carbocycles. The van der Waals surface area contributed by atoms with Crippen molar-refractivity contribution in [3.05, 3.63) is 65.2 Å². The fourth-order valence-corrected chi connectivity index (χ4v) is 4.09. The topological polar surface area (TPSA) is 49.9 Å². The number of carbonyl (C=O) groups excluding carboxylic acids is 2. The van der Waals surface area contributed by atoms with E-state index < -0.39 is 5.97 Å². The van der Waals surface area contributed by atoms with E-state index in [-0.39, 0.29) is 5.91 Å². The monoisotopic (exact) mass is 378 g/mol. The van der Waals surface area contributed by atoms with Gasteiger partial charge >= 0.3 is 5.97 Å². The molecule has 4 rings (SSSR count). The van der Waals surface area contributed by atoms with Gasteiger partial charge in [-0.3, -0.25) is 9.69 Å². The lowest BCUT2D eigenvalue weighted by Gasteiger charge is -2.31. The summed E-state index contributed by atoms with van der Waals surface area (Å²) in [4.78, 5) is 29.6. The van der Waals surface area contributed by atoms with Crippen LogP contribution >= 0.6 is 0 Å². The van der Waals surface area contributed by atoms with Gasteiger partial charge in [0.15, 0.2) is 0 Å². The molecule has 1 amide bonds. The van der Waals surface area contributed by atoms with Gasteiger partial charge in [-0.15, -0.1) is 0 Å². The third-order valence-electron chi connectivity index (χ3n) is 5.82. The lowest BCUT2D eigenvalue weighted by Crippen LogP contribution is -2.43. The molecule has 0 radical (unpaired) electrons. The number of esters is 1. The number of rotatable bonds is 5. The molecule has 2 aliphatic heterocycles. The molecule has 0 spiro atoms. The first-order valence-corrected chi connectivity index (χ1v) is 10.1. The zero-order valence-electron chi connectivity index (χ0n) is 16.3. The normalized spacial score (nSPS) is 19.5. The number of fused-ring (bicyclic) bond motifs is 1. The SMILES string of the molecule is C[C@@H]1CCCN1CCN1CCc2ccc(OC(=O)c3ccccc3)cc2C1=O. The fourth-order valence-electron chi connectivity index (χ4n) is 4.09. The molecule has 146 valence electrons. The molecule has 0 unspecified atom stereocenters. The molecule has 0 N–H and O–H groups in total. The molecule has 1 saturated heterocycles. The van der Waals surface area contributed by atoms with Gasteiger partial charge < -0.3 is 9.64 Å². The summed E-state index contributed by atoms with van der Waals surface area (Å²) in [7, 11) is 0. The van der Waals surface area contributed by atoms with Gasteiger partial charge in [0.1, 0.15) is 5.75 Å². The summed E-state index contributed by atoms with van der Waals surface area (Å²) in [6.45, 7) is 5.80. The Bertz CT molecular complexity index is 865. The van der Waals surface area contributed by atoms with Crippen LogP contribution in [0.5, 0.6) is 5.75 Å². The highest BCUT2D eigenvalue weighted by molar-refractivity contribution is 5.97. The first-order valence-electron chi connectivity index (χ1n) is 10.1. The van der Waals surface area contributed by atoms with E-state index in [0.29, 0.717) is 22.9 Å². The lowest BCUT2D eigenvalue weighted by atomic mass is 9.98. The summed E-state index contributed by atoms with van der Waals surface area (Å²) in [5.41, 5.74) is 2.17. The molecule has 0 bridgehead atoms. The maximum Gasteiger partial charge on any atom is 0.343 e. The van der Waals surface area contributed by atoms with Gasteiger partial charge in [-0.2, -0.15) is 0 Å². The fraction of sp³-hybridized carbons (Fsp3) is 0.391. The number of benzene rings is 2. The van der Waals surface area contributed by atoms with Gasteiger partial charge in [0.05, 0.1) is 5.56 Å². The van der Waals surface area contributed by atoms with Crippen LogP contribution < -0.4 is 4.74 Å². The van der Waals surface area contributed by atoms with Crippen molar-refractivity contribution in [3.8, 4) is 5.75 Å². The molecular formula is C23H26N2O3. The molecular weight excluding hydrogens is 352 g/mol. The smallest absolute Gasteiger partial charge is 0.343 e. The quantitative estimate of drug-likeness (QED) is 0.591. The predicted octanol–water partition coefficient (Wildman–Crippen LogP) is 3.39. The second-order valence-corrected chi connectivity index (χ2v) is 7.64. The second-order valence-electron chi connectivity index (χ2n) is 7.64. The largest absolute Gasteiger partial charge is 0.423 e. The number of amides is 1. The minimum atomic E-state index is -0.413. The summed E-state index contributed by atoms with van der Waals surface area (Å²) in [5.74, 6) is 0.0327. The molecule has 28 heavy (non-hydrogen) atoms. The Hall–Kier alpha value is -2.66. The number of ether oxygens (including phenoxy) is 1. The summed E-state index contributed by atoms with van der Waals surface area (Å²) < 4.78 is 5.49. The molecule has 0 saturated carbocycles. The van der Waals surface area contributed by atoms with Crippen LogP contribution in [-0.2, 0) is 6.42 Å². The Kier molecular flexibility index (Phi) is 5.44. The Morgan fingerprint density at radius 3 is 2.68 bits per heavy atom. The van der Waals surface area contributed by atoms with E-state index >= 15 is 0 Å². The van der Waals surface area contributed by atoms with Crippen LogP contribution in [0.15, 0.2) is 48.5 Å². The van der Waals surface area contributed by atoms with Crippen LogP contribution in [-0.4, -0.2) is 53.9 Å². The standard InChI is InChI=1S/C23H26N2O3/c1-17-6-5-12-24(17)14-15-25-13-11-18-9-10-20(16-21(18)22(25)26)28-23(27)19-7-3-2-4-8-19/h2-4,7-10,16-17H,5-6,11-15H2,1H3/t17-/m1/s1. The number of hydrogen-bond acceptors (Lipinski definition) is 4. The van der Waals surface area contributed by atoms with Gasteiger partial charge in [0.25, 0.3) is 5.91 Å². The van der Waals surface area contributed by atoms with Crippen molar-refractivity contribution >= 4 is 11.9 Å². The van der Waals surface area contributed by atoms with E-state index in [4.69, 9.17) is 4.74 Å². The van der Waals surface area contributed by atoms with Gasteiger partial charge in [-0.1, -0.05) is 24.3 Å². The average Bonchev–Trinajstić information content (AvgIpc) is 3.13. The molecule has 0 aromatic heterocycles. The van der Waals surface area contributed by atoms with E-state index in [1.165, 1.54) is 12.8 Å². The van der Waals surface area contributed by atoms with Crippen LogP contribution in [0.25, 0.3) is 0 Å². The molecule has 5 heteroatoms. The van der Waals surface area contributed by atoms with Crippen LogP contribution in [0.1, 0.15) is 46.0 Å². The average molecular weight is 378 g/mol. The summed E-state index contributed by atoms with van der Waals surface area (Å²) in [6, 6.07) is 14.9. The van der Waals surface area contributed by atoms with Crippen molar-refractivity contribution < 1.29 is 14.3 Å². The van der Waals surface area contributed by atoms with Crippen molar-refractivity contribution in [2.45, 2.75) is 32.2 Å². The van der Waals surface area contributed by atoms with Crippen molar-refractivity contribution in [1.82, 2.24) is 9.80 Å². The van der Waals surface area contributed by atoms with E-state index in [1.807, 2.05) is 17.0 Å². The van der Waals surface area contributed by atoms with Crippen molar-refractivity contribution in [2.24, 2.45) is 0 Å². The Morgan fingerprint density at radius 2 is 1.93 bits per heavy atom. The van der Waals surface area contributed by atoms with Crippen LogP contribution in [0.4, 0.5) is 0 Å². The van der Waals surface area contributed by atoms with Crippen LogP contribution in [0.3, 0.4) is 0 Å². The third-order valence-corrected chi connectivity index (χ3v) is 5.82. The van der Waals surface area contributed by atoms with Gasteiger partial charge in [0, 0.05) is 31.2 Å². The molecule has 2 aromatic rings. The number of likely N-dealkylation sites (tertiary alicyclic amines) is 1. The minimum Gasteiger partial charge on any atom is -0.423 e. The van der Waals surface area contributed by atoms with Crippen LogP contribution in [0, 0.1) is 0 Å². The molecule has 5 nitrogen and oxygen atoms in total. The number of nitrogens with zero attached hydrogens (tertiary/aromatic N) is 2. The highest BCUT2D eigenvalue weighted by Crippen LogP contribution is 2.25. The highest BCUT2D eigenvalue weighted by atomic mass is 16.5. The molecule has 2 heterocycles. The summed E-state index contributed by atoms with van der Waals surface area (Å²) in [5, 5.41) is 0. The maximum atomic E-state index is 13.0. The summed E-state index contributed by atoms with van der Waals surface area (Å²) in [6.07, 6.45) is 3.32. The molecule has 2 aliphatic rings. The first-order chi connectivity index (χ1) is 13.6. The molecule has 2 aromatic carbocycles. The van der Waals surface area contributed by atoms with E-state index in [1.54, 1.807) is 36.4 Å². The third kappa shape index (κ3) is 3.94. The van der Waals surface area contributed by atoms with Crippen molar-refractivity contribution in [2.75, 3.05) is 26.2 Å². The van der Waals surface area contributed by atoms with Gasteiger partial charge in [0.2, 0.25) is 0 Å².